The Bertz CT molecular complexity index is 562. The molecule has 0 fully saturated rings. The van der Waals surface area contributed by atoms with Crippen LogP contribution in [0.3, 0.4) is 0 Å². The molecule has 0 saturated carbocycles. The van der Waals surface area contributed by atoms with Gasteiger partial charge in [0.2, 0.25) is 0 Å². The van der Waals surface area contributed by atoms with E-state index in [0.29, 0.717) is 0 Å². The third kappa shape index (κ3) is 18.5. The van der Waals surface area contributed by atoms with Crippen molar-refractivity contribution in [2.24, 2.45) is 0 Å². The number of hydrogen-bond donors (Lipinski definition) is 0. The van der Waals surface area contributed by atoms with E-state index >= 15 is 0 Å². The van der Waals surface area contributed by atoms with Gasteiger partial charge in [-0.15, -0.1) is 0 Å². The summed E-state index contributed by atoms with van der Waals surface area (Å²) in [5.74, 6) is 1.57. The van der Waals surface area contributed by atoms with Gasteiger partial charge < -0.3 is 0 Å². The largest absolute Gasteiger partial charge is 0.256 e. The van der Waals surface area contributed by atoms with Gasteiger partial charge in [0.1, 0.15) is 12.4 Å². The SMILES string of the molecule is CCCCCCCCCCCCCCCCCC[n+]1ccn(CC)c1CCCCCCCCCCC. The van der Waals surface area contributed by atoms with Crippen molar-refractivity contribution >= 4 is 0 Å². The molecule has 0 N–H and O–H groups in total. The average molecular weight is 504 g/mol. The van der Waals surface area contributed by atoms with Crippen molar-refractivity contribution in [3.8, 4) is 0 Å². The zero-order valence-electron chi connectivity index (χ0n) is 25.3. The van der Waals surface area contributed by atoms with Gasteiger partial charge in [0.25, 0.3) is 5.82 Å². The van der Waals surface area contributed by atoms with E-state index in [-0.39, 0.29) is 0 Å². The summed E-state index contributed by atoms with van der Waals surface area (Å²) < 4.78 is 5.05. The fourth-order valence-corrected chi connectivity index (χ4v) is 5.70. The van der Waals surface area contributed by atoms with Crippen molar-refractivity contribution in [3.05, 3.63) is 18.2 Å². The van der Waals surface area contributed by atoms with Crippen molar-refractivity contribution in [1.29, 1.82) is 0 Å². The summed E-state index contributed by atoms with van der Waals surface area (Å²) in [4.78, 5) is 0. The Kier molecular flexibility index (Phi) is 23.9. The number of rotatable bonds is 28. The van der Waals surface area contributed by atoms with E-state index in [1.165, 1.54) is 173 Å². The second-order valence-electron chi connectivity index (χ2n) is 11.6. The second kappa shape index (κ2) is 25.8. The van der Waals surface area contributed by atoms with E-state index in [2.05, 4.69) is 42.3 Å². The van der Waals surface area contributed by atoms with Crippen LogP contribution in [-0.2, 0) is 19.5 Å². The van der Waals surface area contributed by atoms with Crippen LogP contribution in [-0.4, -0.2) is 4.57 Å². The van der Waals surface area contributed by atoms with Crippen LogP contribution in [0.15, 0.2) is 12.4 Å². The summed E-state index contributed by atoms with van der Waals surface area (Å²) in [6.45, 7) is 9.23. The van der Waals surface area contributed by atoms with E-state index in [1.807, 2.05) is 0 Å². The summed E-state index contributed by atoms with van der Waals surface area (Å²) in [5.41, 5.74) is 0. The van der Waals surface area contributed by atoms with Crippen LogP contribution in [0.1, 0.15) is 187 Å². The predicted octanol–water partition coefficient (Wildman–Crippen LogP) is 11.1. The topological polar surface area (TPSA) is 8.81 Å². The lowest BCUT2D eigenvalue weighted by atomic mass is 10.0. The Labute approximate surface area is 228 Å². The lowest BCUT2D eigenvalue weighted by Crippen LogP contribution is -2.37. The highest BCUT2D eigenvalue weighted by atomic mass is 15.1. The highest BCUT2D eigenvalue weighted by Crippen LogP contribution is 2.14. The maximum atomic E-state index is 2.57. The third-order valence-corrected chi connectivity index (χ3v) is 8.19. The molecular formula is C34H67N2+. The molecular weight excluding hydrogens is 436 g/mol. The van der Waals surface area contributed by atoms with Gasteiger partial charge in [0, 0.05) is 6.42 Å². The number of aryl methyl sites for hydroxylation is 2. The molecule has 0 aliphatic heterocycles. The monoisotopic (exact) mass is 504 g/mol. The van der Waals surface area contributed by atoms with Gasteiger partial charge in [0.05, 0.1) is 13.1 Å². The van der Waals surface area contributed by atoms with Gasteiger partial charge >= 0.3 is 0 Å². The number of unbranched alkanes of at least 4 members (excludes halogenated alkanes) is 23. The smallest absolute Gasteiger partial charge is 0.235 e. The summed E-state index contributed by atoms with van der Waals surface area (Å²) in [5, 5.41) is 0. The minimum Gasteiger partial charge on any atom is -0.235 e. The molecule has 0 aliphatic rings. The molecule has 1 rings (SSSR count). The Balaban J connectivity index is 1.99. The molecule has 1 aromatic rings. The lowest BCUT2D eigenvalue weighted by molar-refractivity contribution is -0.704. The highest BCUT2D eigenvalue weighted by molar-refractivity contribution is 4.83. The molecule has 2 heteroatoms. The van der Waals surface area contributed by atoms with Crippen LogP contribution in [0.5, 0.6) is 0 Å². The van der Waals surface area contributed by atoms with Crippen molar-refractivity contribution in [2.45, 2.75) is 201 Å². The van der Waals surface area contributed by atoms with Crippen molar-refractivity contribution in [2.75, 3.05) is 0 Å². The van der Waals surface area contributed by atoms with E-state index in [4.69, 9.17) is 0 Å². The molecule has 0 atom stereocenters. The molecule has 36 heavy (non-hydrogen) atoms. The molecule has 2 nitrogen and oxygen atoms in total. The maximum absolute atomic E-state index is 2.57. The quantitative estimate of drug-likeness (QED) is 0.0794. The Morgan fingerprint density at radius 2 is 0.833 bits per heavy atom. The van der Waals surface area contributed by atoms with E-state index < -0.39 is 0 Å². The van der Waals surface area contributed by atoms with Gasteiger partial charge in [0.15, 0.2) is 0 Å². The molecule has 0 saturated heterocycles. The minimum atomic E-state index is 1.11. The van der Waals surface area contributed by atoms with Gasteiger partial charge in [-0.3, -0.25) is 0 Å². The van der Waals surface area contributed by atoms with Crippen LogP contribution in [0, 0.1) is 0 Å². The van der Waals surface area contributed by atoms with Crippen molar-refractivity contribution in [3.63, 3.8) is 0 Å². The number of hydrogen-bond acceptors (Lipinski definition) is 0. The van der Waals surface area contributed by atoms with E-state index in [9.17, 15) is 0 Å². The van der Waals surface area contributed by atoms with Crippen molar-refractivity contribution < 1.29 is 4.57 Å². The van der Waals surface area contributed by atoms with Crippen LogP contribution in [0.4, 0.5) is 0 Å². The first-order chi connectivity index (χ1) is 17.8. The molecule has 1 aromatic heterocycles. The van der Waals surface area contributed by atoms with Gasteiger partial charge in [-0.25, -0.2) is 9.13 Å². The molecule has 0 bridgehead atoms. The predicted molar refractivity (Wildman–Crippen MR) is 161 cm³/mol. The molecule has 0 unspecified atom stereocenters. The van der Waals surface area contributed by atoms with Crippen LogP contribution >= 0.6 is 0 Å². The fourth-order valence-electron chi connectivity index (χ4n) is 5.70. The number of aromatic nitrogens is 2. The Morgan fingerprint density at radius 1 is 0.472 bits per heavy atom. The first kappa shape index (κ1) is 33.2. The summed E-state index contributed by atoms with van der Waals surface area (Å²) >= 11 is 0. The molecule has 0 amide bonds. The zero-order chi connectivity index (χ0) is 25.9. The molecule has 0 aromatic carbocycles. The Hall–Kier alpha value is -0.790. The summed E-state index contributed by atoms with van der Waals surface area (Å²) in [6.07, 6.45) is 41.8. The standard InChI is InChI=1S/C34H67N2/c1-4-7-9-11-13-15-16-17-18-19-20-21-23-25-27-29-31-36-33-32-35(6-3)34(36)30-28-26-24-22-14-12-10-8-5-2/h32-33H,4-31H2,1-3H3/q+1. The van der Waals surface area contributed by atoms with Crippen LogP contribution < -0.4 is 4.57 Å². The molecule has 1 heterocycles. The Morgan fingerprint density at radius 3 is 1.22 bits per heavy atom. The van der Waals surface area contributed by atoms with E-state index in [1.54, 1.807) is 5.82 Å². The molecule has 0 spiro atoms. The minimum absolute atomic E-state index is 1.11. The van der Waals surface area contributed by atoms with Crippen molar-refractivity contribution in [1.82, 2.24) is 4.57 Å². The fraction of sp³-hybridized carbons (Fsp3) is 0.912. The van der Waals surface area contributed by atoms with Gasteiger partial charge in [-0.05, 0) is 26.2 Å². The zero-order valence-corrected chi connectivity index (χ0v) is 25.3. The first-order valence-corrected chi connectivity index (χ1v) is 16.9. The molecule has 0 aliphatic carbocycles. The van der Waals surface area contributed by atoms with Crippen LogP contribution in [0.2, 0.25) is 0 Å². The third-order valence-electron chi connectivity index (χ3n) is 8.19. The average Bonchev–Trinajstić information content (AvgIpc) is 3.29. The lowest BCUT2D eigenvalue weighted by Gasteiger charge is -2.06. The summed E-state index contributed by atoms with van der Waals surface area (Å²) in [7, 11) is 0. The maximum Gasteiger partial charge on any atom is 0.256 e. The van der Waals surface area contributed by atoms with Gasteiger partial charge in [-0.2, -0.15) is 0 Å². The summed E-state index contributed by atoms with van der Waals surface area (Å²) in [6, 6.07) is 0. The van der Waals surface area contributed by atoms with E-state index in [0.717, 1.165) is 6.54 Å². The second-order valence-corrected chi connectivity index (χ2v) is 11.6. The number of nitrogens with zero attached hydrogens (tertiary/aromatic N) is 2. The molecule has 212 valence electrons. The normalized spacial score (nSPS) is 11.5. The molecule has 0 radical (unpaired) electrons. The highest BCUT2D eigenvalue weighted by Gasteiger charge is 2.15. The van der Waals surface area contributed by atoms with Crippen LogP contribution in [0.25, 0.3) is 0 Å². The van der Waals surface area contributed by atoms with Gasteiger partial charge in [-0.1, -0.05) is 155 Å². The first-order valence-electron chi connectivity index (χ1n) is 16.9. The number of imidazole rings is 1.